The van der Waals surface area contributed by atoms with Crippen molar-refractivity contribution in [1.29, 1.82) is 0 Å². The Balaban J connectivity index is 1.84. The standard InChI is InChI=1S/C24H28N4O3/c1-17-10-8-11-20(26-24(29)30-5)19(17)16-31-22-13-9-15-28-21(18(2)25-23(22)28)12-6-7-14-27(3)4/h8-11,13,15H,12,14,16H2,1-5H3,(H,26,29). The summed E-state index contributed by atoms with van der Waals surface area (Å²) in [5.74, 6) is 7.06. The molecule has 2 heterocycles. The Hall–Kier alpha value is -3.50. The predicted molar refractivity (Wildman–Crippen MR) is 122 cm³/mol. The number of carbonyl (C=O) groups is 1. The normalized spacial score (nSPS) is 10.6. The first-order chi connectivity index (χ1) is 14.9. The van der Waals surface area contributed by atoms with Crippen LogP contribution in [0.4, 0.5) is 10.5 Å². The molecular formula is C24H28N4O3. The highest BCUT2D eigenvalue weighted by molar-refractivity contribution is 5.85. The number of aromatic nitrogens is 2. The average molecular weight is 421 g/mol. The smallest absolute Gasteiger partial charge is 0.411 e. The molecule has 0 aliphatic rings. The summed E-state index contributed by atoms with van der Waals surface area (Å²) >= 11 is 0. The van der Waals surface area contributed by atoms with Gasteiger partial charge in [0.2, 0.25) is 0 Å². The number of aryl methyl sites for hydroxylation is 2. The highest BCUT2D eigenvalue weighted by atomic mass is 16.5. The highest BCUT2D eigenvalue weighted by Crippen LogP contribution is 2.26. The molecule has 0 spiro atoms. The van der Waals surface area contributed by atoms with Crippen LogP contribution in [0.1, 0.15) is 22.5 Å². The number of pyridine rings is 1. The Morgan fingerprint density at radius 1 is 1.19 bits per heavy atom. The highest BCUT2D eigenvalue weighted by Gasteiger charge is 2.14. The van der Waals surface area contributed by atoms with Crippen molar-refractivity contribution in [2.24, 2.45) is 0 Å². The first kappa shape index (κ1) is 22.2. The first-order valence-corrected chi connectivity index (χ1v) is 10.0. The van der Waals surface area contributed by atoms with Gasteiger partial charge in [-0.2, -0.15) is 0 Å². The van der Waals surface area contributed by atoms with Gasteiger partial charge >= 0.3 is 6.09 Å². The van der Waals surface area contributed by atoms with Gasteiger partial charge in [-0.05, 0) is 51.7 Å². The van der Waals surface area contributed by atoms with Gasteiger partial charge in [0, 0.05) is 11.8 Å². The van der Waals surface area contributed by atoms with E-state index in [2.05, 4.69) is 17.2 Å². The second-order valence-electron chi connectivity index (χ2n) is 7.48. The molecule has 0 unspecified atom stereocenters. The summed E-state index contributed by atoms with van der Waals surface area (Å²) in [5.41, 5.74) is 5.29. The molecule has 0 atom stereocenters. The molecule has 3 aromatic rings. The zero-order chi connectivity index (χ0) is 22.4. The van der Waals surface area contributed by atoms with Crippen molar-refractivity contribution in [3.8, 4) is 17.6 Å². The Bertz CT molecular complexity index is 1140. The number of ether oxygens (including phenoxy) is 2. The minimum absolute atomic E-state index is 0.287. The third-order valence-electron chi connectivity index (χ3n) is 4.89. The summed E-state index contributed by atoms with van der Waals surface area (Å²) in [7, 11) is 5.34. The summed E-state index contributed by atoms with van der Waals surface area (Å²) in [6, 6.07) is 9.52. The van der Waals surface area contributed by atoms with Crippen molar-refractivity contribution in [2.75, 3.05) is 33.1 Å². The van der Waals surface area contributed by atoms with Crippen LogP contribution in [0, 0.1) is 25.7 Å². The lowest BCUT2D eigenvalue weighted by atomic mass is 10.1. The van der Waals surface area contributed by atoms with Crippen molar-refractivity contribution in [3.05, 3.63) is 59.0 Å². The SMILES string of the molecule is COC(=O)Nc1cccc(C)c1COc1cccn2c(CC#CCN(C)C)c(C)nc12. The lowest BCUT2D eigenvalue weighted by molar-refractivity contribution is 0.187. The number of anilines is 1. The van der Waals surface area contributed by atoms with Crippen LogP contribution in [0.15, 0.2) is 36.5 Å². The van der Waals surface area contributed by atoms with Gasteiger partial charge in [0.1, 0.15) is 6.61 Å². The third-order valence-corrected chi connectivity index (χ3v) is 4.89. The lowest BCUT2D eigenvalue weighted by Gasteiger charge is -2.14. The molecule has 162 valence electrons. The Morgan fingerprint density at radius 3 is 2.74 bits per heavy atom. The van der Waals surface area contributed by atoms with Crippen molar-refractivity contribution in [3.63, 3.8) is 0 Å². The second-order valence-corrected chi connectivity index (χ2v) is 7.48. The maximum absolute atomic E-state index is 11.7. The molecule has 0 bridgehead atoms. The first-order valence-electron chi connectivity index (χ1n) is 10.0. The fourth-order valence-corrected chi connectivity index (χ4v) is 3.21. The molecule has 0 aliphatic heterocycles. The Kier molecular flexibility index (Phi) is 7.16. The molecule has 0 saturated heterocycles. The van der Waals surface area contributed by atoms with E-state index in [0.29, 0.717) is 17.9 Å². The summed E-state index contributed by atoms with van der Waals surface area (Å²) in [4.78, 5) is 18.4. The summed E-state index contributed by atoms with van der Waals surface area (Å²) in [5, 5.41) is 2.74. The maximum atomic E-state index is 11.7. The Morgan fingerprint density at radius 2 is 2.00 bits per heavy atom. The van der Waals surface area contributed by atoms with Gasteiger partial charge < -0.3 is 9.47 Å². The quantitative estimate of drug-likeness (QED) is 0.614. The minimum atomic E-state index is -0.516. The number of nitrogens with zero attached hydrogens (tertiary/aromatic N) is 3. The molecule has 1 N–H and O–H groups in total. The molecule has 7 heteroatoms. The maximum Gasteiger partial charge on any atom is 0.411 e. The van der Waals surface area contributed by atoms with Gasteiger partial charge in [0.25, 0.3) is 0 Å². The van der Waals surface area contributed by atoms with Crippen LogP contribution in [0.2, 0.25) is 0 Å². The largest absolute Gasteiger partial charge is 0.485 e. The predicted octanol–water partition coefficient (Wildman–Crippen LogP) is 3.82. The molecular weight excluding hydrogens is 392 g/mol. The van der Waals surface area contributed by atoms with Crippen LogP contribution in [0.5, 0.6) is 5.75 Å². The van der Waals surface area contributed by atoms with E-state index in [-0.39, 0.29) is 6.61 Å². The average Bonchev–Trinajstić information content (AvgIpc) is 3.06. The van der Waals surface area contributed by atoms with E-state index in [0.717, 1.165) is 34.7 Å². The van der Waals surface area contributed by atoms with Crippen LogP contribution in [0.3, 0.4) is 0 Å². The van der Waals surface area contributed by atoms with Crippen molar-refractivity contribution < 1.29 is 14.3 Å². The van der Waals surface area contributed by atoms with Crippen LogP contribution >= 0.6 is 0 Å². The van der Waals surface area contributed by atoms with E-state index in [1.807, 2.05) is 73.8 Å². The van der Waals surface area contributed by atoms with Gasteiger partial charge in [-0.15, -0.1) is 0 Å². The molecule has 0 saturated carbocycles. The molecule has 7 nitrogen and oxygen atoms in total. The number of rotatable bonds is 6. The number of methoxy groups -OCH3 is 1. The fraction of sp³-hybridized carbons (Fsp3) is 0.333. The number of nitrogens with one attached hydrogen (secondary N) is 1. The lowest BCUT2D eigenvalue weighted by Crippen LogP contribution is -2.14. The van der Waals surface area contributed by atoms with Crippen LogP contribution in [-0.2, 0) is 17.8 Å². The van der Waals surface area contributed by atoms with Gasteiger partial charge in [0.05, 0.1) is 37.2 Å². The molecule has 0 aliphatic carbocycles. The number of hydrogen-bond donors (Lipinski definition) is 1. The number of carbonyl (C=O) groups excluding carboxylic acids is 1. The fourth-order valence-electron chi connectivity index (χ4n) is 3.21. The van der Waals surface area contributed by atoms with Crippen LogP contribution < -0.4 is 10.1 Å². The van der Waals surface area contributed by atoms with Gasteiger partial charge in [-0.3, -0.25) is 14.6 Å². The third kappa shape index (κ3) is 5.36. The van der Waals surface area contributed by atoms with E-state index < -0.39 is 6.09 Å². The zero-order valence-electron chi connectivity index (χ0n) is 18.7. The summed E-state index contributed by atoms with van der Waals surface area (Å²) in [6.45, 7) is 4.98. The number of hydrogen-bond acceptors (Lipinski definition) is 5. The van der Waals surface area contributed by atoms with E-state index in [9.17, 15) is 4.79 Å². The minimum Gasteiger partial charge on any atom is -0.485 e. The van der Waals surface area contributed by atoms with Crippen LogP contribution in [-0.4, -0.2) is 48.1 Å². The molecule has 2 aromatic heterocycles. The molecule has 0 radical (unpaired) electrons. The summed E-state index contributed by atoms with van der Waals surface area (Å²) < 4.78 is 12.9. The van der Waals surface area contributed by atoms with Gasteiger partial charge in [-0.25, -0.2) is 9.78 Å². The second kappa shape index (κ2) is 10.0. The Labute approximate surface area is 183 Å². The zero-order valence-corrected chi connectivity index (χ0v) is 18.7. The van der Waals surface area contributed by atoms with Gasteiger partial charge in [-0.1, -0.05) is 24.0 Å². The van der Waals surface area contributed by atoms with E-state index in [1.54, 1.807) is 0 Å². The molecule has 0 fully saturated rings. The molecule has 3 rings (SSSR count). The van der Waals surface area contributed by atoms with Crippen LogP contribution in [0.25, 0.3) is 5.65 Å². The number of fused-ring (bicyclic) bond motifs is 1. The number of amides is 1. The van der Waals surface area contributed by atoms with Crippen molar-refractivity contribution in [2.45, 2.75) is 26.9 Å². The van der Waals surface area contributed by atoms with E-state index in [4.69, 9.17) is 14.5 Å². The number of imidazole rings is 1. The molecule has 1 amide bonds. The summed E-state index contributed by atoms with van der Waals surface area (Å²) in [6.07, 6.45) is 2.08. The number of benzene rings is 1. The van der Waals surface area contributed by atoms with E-state index >= 15 is 0 Å². The topological polar surface area (TPSA) is 68.1 Å². The van der Waals surface area contributed by atoms with E-state index in [1.165, 1.54) is 7.11 Å². The van der Waals surface area contributed by atoms with Gasteiger partial charge in [0.15, 0.2) is 11.4 Å². The van der Waals surface area contributed by atoms with Crippen molar-refractivity contribution >= 4 is 17.4 Å². The molecule has 1 aromatic carbocycles. The monoisotopic (exact) mass is 420 g/mol. The van der Waals surface area contributed by atoms with Crippen molar-refractivity contribution in [1.82, 2.24) is 14.3 Å². The molecule has 31 heavy (non-hydrogen) atoms.